The number of hydrogen-bond acceptors (Lipinski definition) is 3. The second-order valence-corrected chi connectivity index (χ2v) is 7.09. The molecule has 1 saturated heterocycles. The van der Waals surface area contributed by atoms with Gasteiger partial charge in [0.1, 0.15) is 6.54 Å². The Morgan fingerprint density at radius 1 is 1.17 bits per heavy atom. The molecule has 0 aromatic rings. The van der Waals surface area contributed by atoms with Crippen molar-refractivity contribution in [3.8, 4) is 0 Å². The Morgan fingerprint density at radius 2 is 1.83 bits per heavy atom. The van der Waals surface area contributed by atoms with Gasteiger partial charge in [0.2, 0.25) is 11.8 Å². The molecule has 1 atom stereocenters. The summed E-state index contributed by atoms with van der Waals surface area (Å²) in [7, 11) is 5.31. The number of rotatable bonds is 4. The molecule has 1 heterocycles. The van der Waals surface area contributed by atoms with Gasteiger partial charge in [0.25, 0.3) is 0 Å². The molecule has 0 aromatic carbocycles. The summed E-state index contributed by atoms with van der Waals surface area (Å²) in [6.07, 6.45) is 7.42. The summed E-state index contributed by atoms with van der Waals surface area (Å²) < 4.78 is 0. The van der Waals surface area contributed by atoms with Crippen LogP contribution in [0.3, 0.4) is 0 Å². The molecule has 2 N–H and O–H groups in total. The topological polar surface area (TPSA) is 77.0 Å². The molecular formula is C17H31N5O2. The lowest BCUT2D eigenvalue weighted by Gasteiger charge is -2.32. The van der Waals surface area contributed by atoms with E-state index in [1.807, 2.05) is 7.05 Å². The van der Waals surface area contributed by atoms with Crippen LogP contribution in [0.15, 0.2) is 4.99 Å². The standard InChI is InChI=1S/C17H31N5O2/c1-21(2)16(24)11-18-17(19-13-7-5-4-6-8-13)20-14-9-10-15(23)22(3)12-14/h13-14H,4-12H2,1-3H3,(H2,18,19,20). The number of carbonyl (C=O) groups is 2. The first-order chi connectivity index (χ1) is 11.5. The van der Waals surface area contributed by atoms with Gasteiger partial charge < -0.3 is 20.4 Å². The first-order valence-electron chi connectivity index (χ1n) is 8.97. The SMILES string of the molecule is CN(C)C(=O)CN=C(NC1CCCCC1)NC1CCC(=O)N(C)C1. The Balaban J connectivity index is 1.96. The van der Waals surface area contributed by atoms with E-state index in [0.29, 0.717) is 25.0 Å². The predicted molar refractivity (Wildman–Crippen MR) is 94.8 cm³/mol. The Labute approximate surface area is 144 Å². The van der Waals surface area contributed by atoms with Gasteiger partial charge in [0, 0.05) is 46.2 Å². The number of aliphatic imine (C=N–C) groups is 1. The van der Waals surface area contributed by atoms with E-state index < -0.39 is 0 Å². The van der Waals surface area contributed by atoms with Crippen molar-refractivity contribution in [2.24, 2.45) is 4.99 Å². The van der Waals surface area contributed by atoms with Crippen LogP contribution in [-0.4, -0.2) is 73.9 Å². The molecule has 2 amide bonds. The predicted octanol–water partition coefficient (Wildman–Crippen LogP) is 0.563. The van der Waals surface area contributed by atoms with Crippen molar-refractivity contribution >= 4 is 17.8 Å². The number of likely N-dealkylation sites (N-methyl/N-ethyl adjacent to an activating group) is 2. The number of nitrogens with one attached hydrogen (secondary N) is 2. The number of hydrogen-bond donors (Lipinski definition) is 2. The fourth-order valence-corrected chi connectivity index (χ4v) is 3.18. The minimum atomic E-state index is -0.0179. The van der Waals surface area contributed by atoms with Gasteiger partial charge in [-0.2, -0.15) is 0 Å². The second-order valence-electron chi connectivity index (χ2n) is 7.09. The first-order valence-corrected chi connectivity index (χ1v) is 8.97. The van der Waals surface area contributed by atoms with Gasteiger partial charge in [-0.1, -0.05) is 19.3 Å². The lowest BCUT2D eigenvalue weighted by atomic mass is 9.96. The van der Waals surface area contributed by atoms with E-state index in [1.54, 1.807) is 23.9 Å². The summed E-state index contributed by atoms with van der Waals surface area (Å²) in [6, 6.07) is 0.597. The molecule has 7 heteroatoms. The zero-order valence-electron chi connectivity index (χ0n) is 15.2. The largest absolute Gasteiger partial charge is 0.354 e. The van der Waals surface area contributed by atoms with Crippen LogP contribution in [0.1, 0.15) is 44.9 Å². The maximum Gasteiger partial charge on any atom is 0.243 e. The summed E-state index contributed by atoms with van der Waals surface area (Å²) in [6.45, 7) is 0.808. The number of guanidine groups is 1. The molecule has 1 aliphatic heterocycles. The molecule has 0 radical (unpaired) electrons. The van der Waals surface area contributed by atoms with E-state index in [9.17, 15) is 9.59 Å². The molecule has 1 unspecified atom stereocenters. The highest BCUT2D eigenvalue weighted by Crippen LogP contribution is 2.17. The average Bonchev–Trinajstić information content (AvgIpc) is 2.56. The van der Waals surface area contributed by atoms with E-state index in [1.165, 1.54) is 19.3 Å². The molecule has 1 saturated carbocycles. The van der Waals surface area contributed by atoms with Gasteiger partial charge in [-0.15, -0.1) is 0 Å². The quantitative estimate of drug-likeness (QED) is 0.581. The van der Waals surface area contributed by atoms with Crippen molar-refractivity contribution in [2.45, 2.75) is 57.0 Å². The van der Waals surface area contributed by atoms with Crippen molar-refractivity contribution in [2.75, 3.05) is 34.2 Å². The van der Waals surface area contributed by atoms with Crippen molar-refractivity contribution in [1.29, 1.82) is 0 Å². The maximum absolute atomic E-state index is 11.8. The monoisotopic (exact) mass is 337 g/mol. The van der Waals surface area contributed by atoms with E-state index in [4.69, 9.17) is 0 Å². The Kier molecular flexibility index (Phi) is 6.87. The number of carbonyl (C=O) groups excluding carboxylic acids is 2. The highest BCUT2D eigenvalue weighted by atomic mass is 16.2. The van der Waals surface area contributed by atoms with Gasteiger partial charge in [-0.3, -0.25) is 9.59 Å². The summed E-state index contributed by atoms with van der Waals surface area (Å²) >= 11 is 0. The van der Waals surface area contributed by atoms with E-state index in [2.05, 4.69) is 15.6 Å². The number of piperidine rings is 1. The summed E-state index contributed by atoms with van der Waals surface area (Å²) in [5.74, 6) is 0.870. The lowest BCUT2D eigenvalue weighted by molar-refractivity contribution is -0.132. The molecule has 2 aliphatic rings. The number of likely N-dealkylation sites (tertiary alicyclic amines) is 1. The van der Waals surface area contributed by atoms with Crippen molar-refractivity contribution in [3.63, 3.8) is 0 Å². The van der Waals surface area contributed by atoms with Crippen LogP contribution in [0.2, 0.25) is 0 Å². The van der Waals surface area contributed by atoms with Crippen LogP contribution in [-0.2, 0) is 9.59 Å². The molecule has 0 bridgehead atoms. The fourth-order valence-electron chi connectivity index (χ4n) is 3.18. The fraction of sp³-hybridized carbons (Fsp3) is 0.824. The van der Waals surface area contributed by atoms with Gasteiger partial charge in [-0.25, -0.2) is 4.99 Å². The van der Waals surface area contributed by atoms with E-state index >= 15 is 0 Å². The third-order valence-corrected chi connectivity index (χ3v) is 4.78. The van der Waals surface area contributed by atoms with Gasteiger partial charge >= 0.3 is 0 Å². The Bertz CT molecular complexity index is 472. The van der Waals surface area contributed by atoms with Gasteiger partial charge in [-0.05, 0) is 19.3 Å². The molecule has 136 valence electrons. The minimum Gasteiger partial charge on any atom is -0.354 e. The zero-order valence-corrected chi connectivity index (χ0v) is 15.2. The van der Waals surface area contributed by atoms with Crippen LogP contribution in [0.25, 0.3) is 0 Å². The van der Waals surface area contributed by atoms with Crippen molar-refractivity contribution < 1.29 is 9.59 Å². The molecule has 7 nitrogen and oxygen atoms in total. The van der Waals surface area contributed by atoms with E-state index in [0.717, 1.165) is 19.3 Å². The van der Waals surface area contributed by atoms with Crippen LogP contribution >= 0.6 is 0 Å². The van der Waals surface area contributed by atoms with Crippen LogP contribution in [0, 0.1) is 0 Å². The Hall–Kier alpha value is -1.79. The zero-order chi connectivity index (χ0) is 17.5. The molecule has 2 fully saturated rings. The van der Waals surface area contributed by atoms with Crippen LogP contribution in [0.5, 0.6) is 0 Å². The molecular weight excluding hydrogens is 306 g/mol. The second kappa shape index (κ2) is 8.89. The average molecular weight is 337 g/mol. The molecule has 2 rings (SSSR count). The van der Waals surface area contributed by atoms with Crippen molar-refractivity contribution in [3.05, 3.63) is 0 Å². The highest BCUT2D eigenvalue weighted by Gasteiger charge is 2.24. The highest BCUT2D eigenvalue weighted by molar-refractivity contribution is 5.85. The molecule has 24 heavy (non-hydrogen) atoms. The summed E-state index contributed by atoms with van der Waals surface area (Å²) in [5, 5.41) is 6.91. The van der Waals surface area contributed by atoms with Crippen LogP contribution in [0.4, 0.5) is 0 Å². The van der Waals surface area contributed by atoms with Crippen LogP contribution < -0.4 is 10.6 Å². The summed E-state index contributed by atoms with van der Waals surface area (Å²) in [5.41, 5.74) is 0. The third-order valence-electron chi connectivity index (χ3n) is 4.78. The molecule has 0 spiro atoms. The molecule has 0 aromatic heterocycles. The third kappa shape index (κ3) is 5.69. The molecule has 1 aliphatic carbocycles. The lowest BCUT2D eigenvalue weighted by Crippen LogP contribution is -2.53. The smallest absolute Gasteiger partial charge is 0.243 e. The van der Waals surface area contributed by atoms with Gasteiger partial charge in [0.05, 0.1) is 0 Å². The summed E-state index contributed by atoms with van der Waals surface area (Å²) in [4.78, 5) is 31.3. The maximum atomic E-state index is 11.8. The van der Waals surface area contributed by atoms with Gasteiger partial charge in [0.15, 0.2) is 5.96 Å². The van der Waals surface area contributed by atoms with Crippen molar-refractivity contribution in [1.82, 2.24) is 20.4 Å². The first kappa shape index (κ1) is 18.5. The Morgan fingerprint density at radius 3 is 2.46 bits per heavy atom. The minimum absolute atomic E-state index is 0.0179. The normalized spacial score (nSPS) is 23.1. The number of amides is 2. The number of nitrogens with zero attached hydrogens (tertiary/aromatic N) is 3. The van der Waals surface area contributed by atoms with E-state index in [-0.39, 0.29) is 24.4 Å².